The number of nitrogens with zero attached hydrogens (tertiary/aromatic N) is 3. The van der Waals surface area contributed by atoms with Gasteiger partial charge in [-0.25, -0.2) is 0 Å². The molecule has 0 radical (unpaired) electrons. The van der Waals surface area contributed by atoms with E-state index in [9.17, 15) is 0 Å². The Morgan fingerprint density at radius 3 is 2.16 bits per heavy atom. The Hall–Kier alpha value is -2.16. The second-order valence-corrected chi connectivity index (χ2v) is 8.93. The number of aryl methyl sites for hydroxylation is 1. The van der Waals surface area contributed by atoms with Crippen molar-refractivity contribution in [3.05, 3.63) is 65.5 Å². The second-order valence-electron chi connectivity index (χ2n) is 6.65. The molecule has 1 aliphatic carbocycles. The normalized spacial score (nSPS) is 15.3. The Labute approximate surface area is 154 Å². The van der Waals surface area contributed by atoms with Crippen LogP contribution >= 0.6 is 0 Å². The van der Waals surface area contributed by atoms with Gasteiger partial charge in [0.1, 0.15) is 0 Å². The first-order valence-electron chi connectivity index (χ1n) is 8.82. The summed E-state index contributed by atoms with van der Waals surface area (Å²) >= 11 is 0.258. The third-order valence-corrected chi connectivity index (χ3v) is 7.39. The summed E-state index contributed by atoms with van der Waals surface area (Å²) in [6, 6.07) is 13.1. The number of hydrogen-bond donors (Lipinski definition) is 0. The maximum absolute atomic E-state index is 4.75. The van der Waals surface area contributed by atoms with Crippen molar-refractivity contribution in [2.75, 3.05) is 4.90 Å². The van der Waals surface area contributed by atoms with Crippen molar-refractivity contribution in [3.8, 4) is 0 Å². The molecule has 3 aromatic rings. The van der Waals surface area contributed by atoms with E-state index in [1.54, 1.807) is 0 Å². The van der Waals surface area contributed by atoms with E-state index in [0.717, 1.165) is 18.1 Å². The number of aromatic nitrogens is 2. The van der Waals surface area contributed by atoms with Crippen LogP contribution in [0.1, 0.15) is 29.5 Å². The summed E-state index contributed by atoms with van der Waals surface area (Å²) in [5.41, 5.74) is 5.72. The van der Waals surface area contributed by atoms with Crippen molar-refractivity contribution in [1.29, 1.82) is 0 Å². The number of anilines is 3. The molecule has 0 unspecified atom stereocenters. The second kappa shape index (κ2) is 5.98. The summed E-state index contributed by atoms with van der Waals surface area (Å²) in [5, 5.41) is 0. The molecule has 0 saturated carbocycles. The molecule has 0 atom stereocenters. The van der Waals surface area contributed by atoms with E-state index in [0.29, 0.717) is 0 Å². The number of hydrogen-bond acceptors (Lipinski definition) is 3. The molecule has 3 nitrogen and oxygen atoms in total. The molecule has 4 heteroatoms. The van der Waals surface area contributed by atoms with Crippen LogP contribution in [0.4, 0.5) is 17.3 Å². The van der Waals surface area contributed by atoms with Crippen molar-refractivity contribution in [3.63, 3.8) is 0 Å². The van der Waals surface area contributed by atoms with Gasteiger partial charge in [-0.15, -0.1) is 0 Å². The van der Waals surface area contributed by atoms with Gasteiger partial charge in [0.2, 0.25) is 0 Å². The van der Waals surface area contributed by atoms with E-state index >= 15 is 0 Å². The maximum atomic E-state index is 4.75. The van der Waals surface area contributed by atoms with Crippen molar-refractivity contribution < 1.29 is 0 Å². The average Bonchev–Trinajstić information content (AvgIpc) is 2.67. The first kappa shape index (κ1) is 15.1. The Morgan fingerprint density at radius 2 is 1.48 bits per heavy atom. The average molecular weight is 392 g/mol. The Kier molecular flexibility index (Phi) is 3.61. The Morgan fingerprint density at radius 1 is 0.840 bits per heavy atom. The fraction of sp³-hybridized carbons (Fsp3) is 0.238. The standard InChI is InChI=1S/C21H19N3Se/c1-14-10-11-17(16-7-3-2-6-15(14)16)24-20-18(8-4-12-22-20)25-19-9-5-13-23-21(19)24/h4-5,8-13H,2-3,6-7H2,1H3. The summed E-state index contributed by atoms with van der Waals surface area (Å²) in [6.45, 7) is 2.24. The van der Waals surface area contributed by atoms with Gasteiger partial charge >= 0.3 is 154 Å². The topological polar surface area (TPSA) is 29.0 Å². The molecule has 0 fully saturated rings. The summed E-state index contributed by atoms with van der Waals surface area (Å²) in [6.07, 6.45) is 8.71. The van der Waals surface area contributed by atoms with Crippen LogP contribution in [-0.4, -0.2) is 24.9 Å². The predicted octanol–water partition coefficient (Wildman–Crippen LogP) is 3.10. The third-order valence-electron chi connectivity index (χ3n) is 5.13. The Balaban J connectivity index is 1.78. The quantitative estimate of drug-likeness (QED) is 0.466. The first-order chi connectivity index (χ1) is 12.3. The van der Waals surface area contributed by atoms with E-state index in [4.69, 9.17) is 9.97 Å². The third kappa shape index (κ3) is 2.40. The Bertz CT molecular complexity index is 922. The molecule has 5 rings (SSSR count). The minimum absolute atomic E-state index is 0.258. The molecular formula is C21H19N3Se. The number of rotatable bonds is 1. The molecule has 1 aliphatic heterocycles. The van der Waals surface area contributed by atoms with Crippen LogP contribution in [0.3, 0.4) is 0 Å². The fourth-order valence-corrected chi connectivity index (χ4v) is 6.04. The summed E-state index contributed by atoms with van der Waals surface area (Å²) < 4.78 is 2.67. The fourth-order valence-electron chi connectivity index (χ4n) is 3.94. The van der Waals surface area contributed by atoms with Gasteiger partial charge < -0.3 is 0 Å². The van der Waals surface area contributed by atoms with Crippen LogP contribution in [-0.2, 0) is 12.8 Å². The van der Waals surface area contributed by atoms with Gasteiger partial charge in [0.15, 0.2) is 0 Å². The molecule has 0 amide bonds. The van der Waals surface area contributed by atoms with Gasteiger partial charge in [-0.1, -0.05) is 0 Å². The van der Waals surface area contributed by atoms with Crippen molar-refractivity contribution in [2.24, 2.45) is 0 Å². The van der Waals surface area contributed by atoms with Crippen molar-refractivity contribution >= 4 is 41.2 Å². The van der Waals surface area contributed by atoms with Gasteiger partial charge in [0.05, 0.1) is 0 Å². The van der Waals surface area contributed by atoms with E-state index in [2.05, 4.69) is 36.1 Å². The van der Waals surface area contributed by atoms with Gasteiger partial charge in [0, 0.05) is 0 Å². The monoisotopic (exact) mass is 393 g/mol. The van der Waals surface area contributed by atoms with E-state index in [1.165, 1.54) is 50.6 Å². The molecular weight excluding hydrogens is 373 g/mol. The van der Waals surface area contributed by atoms with E-state index in [1.807, 2.05) is 24.5 Å². The summed E-state index contributed by atoms with van der Waals surface area (Å²) in [4.78, 5) is 11.8. The van der Waals surface area contributed by atoms with Crippen LogP contribution < -0.4 is 13.8 Å². The summed E-state index contributed by atoms with van der Waals surface area (Å²) in [7, 11) is 0. The molecule has 2 aromatic heterocycles. The van der Waals surface area contributed by atoms with Crippen molar-refractivity contribution in [2.45, 2.75) is 32.6 Å². The molecule has 124 valence electrons. The number of benzene rings is 1. The molecule has 0 saturated heterocycles. The molecule has 0 spiro atoms. The zero-order valence-electron chi connectivity index (χ0n) is 14.2. The zero-order chi connectivity index (χ0) is 16.8. The molecule has 3 heterocycles. The molecule has 0 bridgehead atoms. The van der Waals surface area contributed by atoms with Crippen LogP contribution in [0, 0.1) is 6.92 Å². The van der Waals surface area contributed by atoms with E-state index < -0.39 is 0 Å². The molecule has 25 heavy (non-hydrogen) atoms. The minimum atomic E-state index is 0.258. The number of pyridine rings is 2. The predicted molar refractivity (Wildman–Crippen MR) is 103 cm³/mol. The van der Waals surface area contributed by atoms with Gasteiger partial charge in [0.25, 0.3) is 0 Å². The van der Waals surface area contributed by atoms with Gasteiger partial charge in [-0.2, -0.15) is 0 Å². The molecule has 0 N–H and O–H groups in total. The van der Waals surface area contributed by atoms with Gasteiger partial charge in [-0.05, 0) is 0 Å². The van der Waals surface area contributed by atoms with Crippen LogP contribution in [0.5, 0.6) is 0 Å². The molecule has 2 aliphatic rings. The number of fused-ring (bicyclic) bond motifs is 3. The van der Waals surface area contributed by atoms with Crippen LogP contribution in [0.15, 0.2) is 48.8 Å². The first-order valence-corrected chi connectivity index (χ1v) is 10.5. The van der Waals surface area contributed by atoms with Crippen LogP contribution in [0.25, 0.3) is 0 Å². The zero-order valence-corrected chi connectivity index (χ0v) is 15.9. The van der Waals surface area contributed by atoms with Gasteiger partial charge in [-0.3, -0.25) is 0 Å². The molecule has 1 aromatic carbocycles. The SMILES string of the molecule is Cc1ccc(N2c3ncccc3[Se]c3cccnc32)c2c1CCCC2. The van der Waals surface area contributed by atoms with E-state index in [-0.39, 0.29) is 15.0 Å². The van der Waals surface area contributed by atoms with Crippen LogP contribution in [0.2, 0.25) is 0 Å². The summed E-state index contributed by atoms with van der Waals surface area (Å²) in [5.74, 6) is 2.12. The van der Waals surface area contributed by atoms with Crippen molar-refractivity contribution in [1.82, 2.24) is 9.97 Å².